The third-order valence-corrected chi connectivity index (χ3v) is 3.36. The van der Waals surface area contributed by atoms with E-state index in [-0.39, 0.29) is 16.4 Å². The lowest BCUT2D eigenvalue weighted by molar-refractivity contribution is -0.384. The maximum absolute atomic E-state index is 11.4. The van der Waals surface area contributed by atoms with Crippen molar-refractivity contribution in [1.29, 1.82) is 0 Å². The third-order valence-electron chi connectivity index (χ3n) is 2.98. The van der Waals surface area contributed by atoms with Gasteiger partial charge in [0.1, 0.15) is 10.7 Å². The largest absolute Gasteiger partial charge is 0.285 e. The summed E-state index contributed by atoms with van der Waals surface area (Å²) in [6, 6.07) is 6.20. The van der Waals surface area contributed by atoms with Gasteiger partial charge in [0.2, 0.25) is 0 Å². The van der Waals surface area contributed by atoms with Crippen molar-refractivity contribution in [3.05, 3.63) is 61.5 Å². The summed E-state index contributed by atoms with van der Waals surface area (Å²) in [5.74, 6) is 0. The molecule has 0 atom stereocenters. The van der Waals surface area contributed by atoms with Crippen LogP contribution < -0.4 is 11.0 Å². The number of benzene rings is 1. The number of nitrogens with one attached hydrogen (secondary N) is 2. The highest BCUT2D eigenvalue weighted by Crippen LogP contribution is 2.18. The second-order valence-electron chi connectivity index (χ2n) is 4.65. The van der Waals surface area contributed by atoms with Gasteiger partial charge < -0.3 is 0 Å². The number of hydrogen-bond acceptors (Lipinski definition) is 6. The number of nitro benzene ring substituents is 1. The zero-order chi connectivity index (χ0) is 16.8. The van der Waals surface area contributed by atoms with Crippen molar-refractivity contribution in [3.8, 4) is 0 Å². The Bertz CT molecular complexity index is 803. The lowest BCUT2D eigenvalue weighted by Crippen LogP contribution is -2.11. The number of hydrogen-bond donors (Lipinski definition) is 2. The van der Waals surface area contributed by atoms with E-state index in [0.29, 0.717) is 17.7 Å². The van der Waals surface area contributed by atoms with Crippen molar-refractivity contribution >= 4 is 28.7 Å². The first-order chi connectivity index (χ1) is 11.0. The Balaban J connectivity index is 2.34. The van der Waals surface area contributed by atoms with Crippen LogP contribution in [0.3, 0.4) is 0 Å². The summed E-state index contributed by atoms with van der Waals surface area (Å²) in [5.41, 5.74) is 3.65. The van der Waals surface area contributed by atoms with E-state index in [4.69, 9.17) is 11.6 Å². The minimum Gasteiger partial charge on any atom is -0.275 e. The summed E-state index contributed by atoms with van der Waals surface area (Å²) < 4.78 is 0. The Kier molecular flexibility index (Phi) is 5.42. The smallest absolute Gasteiger partial charge is 0.275 e. The van der Waals surface area contributed by atoms with Crippen molar-refractivity contribution in [2.75, 3.05) is 5.43 Å². The number of halogens is 1. The number of nitrogens with zero attached hydrogens (tertiary/aromatic N) is 3. The normalized spacial score (nSPS) is 11.3. The fourth-order valence-corrected chi connectivity index (χ4v) is 2.02. The highest BCUT2D eigenvalue weighted by atomic mass is 35.5. The van der Waals surface area contributed by atoms with E-state index in [0.717, 1.165) is 6.42 Å². The van der Waals surface area contributed by atoms with Crippen molar-refractivity contribution < 1.29 is 4.92 Å². The second-order valence-corrected chi connectivity index (χ2v) is 5.03. The molecule has 0 fully saturated rings. The third kappa shape index (κ3) is 4.13. The van der Waals surface area contributed by atoms with E-state index in [1.165, 1.54) is 18.3 Å². The molecule has 2 rings (SSSR count). The molecule has 0 radical (unpaired) electrons. The van der Waals surface area contributed by atoms with Gasteiger partial charge in [-0.15, -0.1) is 0 Å². The molecule has 0 amide bonds. The van der Waals surface area contributed by atoms with Gasteiger partial charge in [0.25, 0.3) is 11.2 Å². The Labute approximate surface area is 136 Å². The fraction of sp³-hybridized carbons (Fsp3) is 0.214. The molecule has 0 bridgehead atoms. The number of non-ortho nitro benzene ring substituents is 1. The average Bonchev–Trinajstić information content (AvgIpc) is 2.55. The molecule has 9 heteroatoms. The maximum Gasteiger partial charge on any atom is 0.285 e. The second kappa shape index (κ2) is 7.50. The molecule has 0 aliphatic heterocycles. The molecule has 0 unspecified atom stereocenters. The van der Waals surface area contributed by atoms with Gasteiger partial charge in [-0.2, -0.15) is 10.2 Å². The minimum atomic E-state index is -0.528. The zero-order valence-electron chi connectivity index (χ0n) is 12.2. The predicted molar refractivity (Wildman–Crippen MR) is 88.0 cm³/mol. The van der Waals surface area contributed by atoms with E-state index in [2.05, 4.69) is 20.7 Å². The number of aromatic nitrogens is 2. The number of hydrazone groups is 1. The highest BCUT2D eigenvalue weighted by molar-refractivity contribution is 6.32. The van der Waals surface area contributed by atoms with Crippen molar-refractivity contribution in [1.82, 2.24) is 10.2 Å². The molecular weight excluding hydrogens is 322 g/mol. The lowest BCUT2D eigenvalue weighted by atomic mass is 10.1. The van der Waals surface area contributed by atoms with Crippen LogP contribution in [0.15, 0.2) is 40.4 Å². The Morgan fingerprint density at radius 2 is 2.30 bits per heavy atom. The van der Waals surface area contributed by atoms with E-state index < -0.39 is 10.5 Å². The van der Waals surface area contributed by atoms with E-state index >= 15 is 0 Å². The molecule has 120 valence electrons. The average molecular weight is 336 g/mol. The van der Waals surface area contributed by atoms with Gasteiger partial charge in [0.05, 0.1) is 16.8 Å². The molecule has 0 aliphatic rings. The highest BCUT2D eigenvalue weighted by Gasteiger charge is 2.10. The van der Waals surface area contributed by atoms with E-state index in [1.54, 1.807) is 12.1 Å². The molecule has 0 saturated carbocycles. The molecule has 2 N–H and O–H groups in total. The summed E-state index contributed by atoms with van der Waals surface area (Å²) in [7, 11) is 0. The maximum atomic E-state index is 11.4. The van der Waals surface area contributed by atoms with Gasteiger partial charge in [-0.3, -0.25) is 20.3 Å². The van der Waals surface area contributed by atoms with E-state index in [9.17, 15) is 14.9 Å². The van der Waals surface area contributed by atoms with E-state index in [1.807, 2.05) is 6.92 Å². The molecule has 0 aliphatic carbocycles. The topological polar surface area (TPSA) is 113 Å². The van der Waals surface area contributed by atoms with Crippen LogP contribution in [-0.4, -0.2) is 20.8 Å². The molecule has 1 aromatic heterocycles. The Hall–Kier alpha value is -2.74. The number of rotatable bonds is 6. The first-order valence-electron chi connectivity index (χ1n) is 6.83. The summed E-state index contributed by atoms with van der Waals surface area (Å²) in [6.45, 7) is 1.97. The summed E-state index contributed by atoms with van der Waals surface area (Å²) >= 11 is 5.86. The first kappa shape index (κ1) is 16.6. The summed E-state index contributed by atoms with van der Waals surface area (Å²) in [5, 5.41) is 20.9. The lowest BCUT2D eigenvalue weighted by Gasteiger charge is -2.07. The zero-order valence-corrected chi connectivity index (χ0v) is 13.0. The van der Waals surface area contributed by atoms with Crippen LogP contribution in [0.5, 0.6) is 0 Å². The van der Waals surface area contributed by atoms with Crippen molar-refractivity contribution in [2.24, 2.45) is 5.10 Å². The molecular formula is C14H14ClN5O3. The van der Waals surface area contributed by atoms with Crippen molar-refractivity contribution in [3.63, 3.8) is 0 Å². The Morgan fingerprint density at radius 3 is 3.00 bits per heavy atom. The van der Waals surface area contributed by atoms with Gasteiger partial charge >= 0.3 is 0 Å². The van der Waals surface area contributed by atoms with Crippen LogP contribution in [0.2, 0.25) is 5.02 Å². The summed E-state index contributed by atoms with van der Waals surface area (Å²) in [6.07, 6.45) is 2.73. The van der Waals surface area contributed by atoms with Crippen LogP contribution in [0.1, 0.15) is 25.3 Å². The molecule has 1 aromatic carbocycles. The SMILES string of the molecule is CCC/C(=N/Nc1cn[nH]c(=O)c1Cl)c1cccc([N+](=O)[O-])c1. The van der Waals surface area contributed by atoms with Crippen LogP contribution >= 0.6 is 11.6 Å². The number of nitro groups is 1. The molecule has 0 saturated heterocycles. The predicted octanol–water partition coefficient (Wildman–Crippen LogP) is 2.95. The van der Waals surface area contributed by atoms with Crippen LogP contribution in [0, 0.1) is 10.1 Å². The van der Waals surface area contributed by atoms with Gasteiger partial charge in [-0.05, 0) is 6.42 Å². The van der Waals surface area contributed by atoms with Crippen LogP contribution in [0.25, 0.3) is 0 Å². The monoisotopic (exact) mass is 335 g/mol. The van der Waals surface area contributed by atoms with Gasteiger partial charge in [0, 0.05) is 17.7 Å². The van der Waals surface area contributed by atoms with Crippen LogP contribution in [0.4, 0.5) is 11.4 Å². The van der Waals surface area contributed by atoms with Crippen molar-refractivity contribution in [2.45, 2.75) is 19.8 Å². The van der Waals surface area contributed by atoms with Gasteiger partial charge in [-0.25, -0.2) is 5.10 Å². The fourth-order valence-electron chi connectivity index (χ4n) is 1.89. The Morgan fingerprint density at radius 1 is 1.52 bits per heavy atom. The molecule has 8 nitrogen and oxygen atoms in total. The molecule has 23 heavy (non-hydrogen) atoms. The van der Waals surface area contributed by atoms with Gasteiger partial charge in [-0.1, -0.05) is 37.1 Å². The van der Waals surface area contributed by atoms with Crippen LogP contribution in [-0.2, 0) is 0 Å². The quantitative estimate of drug-likeness (QED) is 0.478. The molecule has 0 spiro atoms. The first-order valence-corrected chi connectivity index (χ1v) is 7.21. The number of aromatic amines is 1. The molecule has 1 heterocycles. The van der Waals surface area contributed by atoms with Gasteiger partial charge in [0.15, 0.2) is 0 Å². The number of H-pyrrole nitrogens is 1. The number of anilines is 1. The summed E-state index contributed by atoms with van der Waals surface area (Å²) in [4.78, 5) is 21.8. The minimum absolute atomic E-state index is 0.0119. The standard InChI is InChI=1S/C14H14ClN5O3/c1-2-4-11(9-5-3-6-10(7-9)20(22)23)17-18-12-8-16-19-14(21)13(12)15/h3,5-8H,2,4H2,1H3,(H2,18,19,21)/b17-11-. The molecule has 2 aromatic rings.